The zero-order chi connectivity index (χ0) is 17.4. The molecule has 126 valence electrons. The molecular weight excluding hydrogens is 324 g/mol. The number of hydrogen-bond acceptors (Lipinski definition) is 4. The molecule has 5 nitrogen and oxygen atoms in total. The fourth-order valence-corrected chi connectivity index (χ4v) is 2.20. The van der Waals surface area contributed by atoms with Gasteiger partial charge in [-0.25, -0.2) is 0 Å². The van der Waals surface area contributed by atoms with Crippen LogP contribution in [-0.4, -0.2) is 24.7 Å². The Labute approximate surface area is 147 Å². The van der Waals surface area contributed by atoms with Crippen LogP contribution in [0, 0.1) is 0 Å². The number of nitrogens with one attached hydrogen (secondary N) is 2. The first-order valence-corrected chi connectivity index (χ1v) is 7.98. The molecule has 2 rings (SSSR count). The lowest BCUT2D eigenvalue weighted by Gasteiger charge is -2.11. The molecule has 0 saturated carbocycles. The molecular formula is C18H20N2O3S. The Morgan fingerprint density at radius 1 is 1.04 bits per heavy atom. The third kappa shape index (κ3) is 5.55. The van der Waals surface area contributed by atoms with Gasteiger partial charge in [-0.2, -0.15) is 0 Å². The molecule has 0 heterocycles. The van der Waals surface area contributed by atoms with Gasteiger partial charge in [0.15, 0.2) is 11.7 Å². The van der Waals surface area contributed by atoms with Gasteiger partial charge in [0, 0.05) is 5.69 Å². The Balaban J connectivity index is 1.77. The number of aryl methyl sites for hydroxylation is 1. The number of carbonyl (C=O) groups is 1. The zero-order valence-electron chi connectivity index (χ0n) is 13.7. The first-order valence-electron chi connectivity index (χ1n) is 7.57. The highest BCUT2D eigenvalue weighted by molar-refractivity contribution is 7.80. The number of methoxy groups -OCH3 is 1. The van der Waals surface area contributed by atoms with E-state index < -0.39 is 0 Å². The van der Waals surface area contributed by atoms with Crippen LogP contribution < -0.4 is 20.1 Å². The highest BCUT2D eigenvalue weighted by Gasteiger charge is 2.06. The molecule has 1 amide bonds. The van der Waals surface area contributed by atoms with E-state index in [-0.39, 0.29) is 17.6 Å². The minimum absolute atomic E-state index is 0.101. The number of ether oxygens (including phenoxy) is 2. The van der Waals surface area contributed by atoms with Crippen molar-refractivity contribution in [3.05, 3.63) is 54.1 Å². The molecule has 0 unspecified atom stereocenters. The Morgan fingerprint density at radius 3 is 2.25 bits per heavy atom. The van der Waals surface area contributed by atoms with Crippen LogP contribution in [0.5, 0.6) is 11.5 Å². The highest BCUT2D eigenvalue weighted by atomic mass is 32.1. The molecule has 2 aromatic rings. The Kier molecular flexibility index (Phi) is 6.57. The summed E-state index contributed by atoms with van der Waals surface area (Å²) in [6, 6.07) is 14.9. The van der Waals surface area contributed by atoms with E-state index >= 15 is 0 Å². The summed E-state index contributed by atoms with van der Waals surface area (Å²) in [4.78, 5) is 11.9. The van der Waals surface area contributed by atoms with E-state index in [1.54, 1.807) is 19.2 Å². The summed E-state index contributed by atoms with van der Waals surface area (Å²) in [5.41, 5.74) is 1.98. The van der Waals surface area contributed by atoms with Crippen LogP contribution >= 0.6 is 12.2 Å². The van der Waals surface area contributed by atoms with Crippen LogP contribution in [0.3, 0.4) is 0 Å². The Bertz CT molecular complexity index is 684. The molecule has 0 aliphatic rings. The number of carbonyl (C=O) groups excluding carboxylic acids is 1. The molecule has 6 heteroatoms. The molecule has 0 aromatic heterocycles. The molecule has 0 fully saturated rings. The number of benzene rings is 2. The van der Waals surface area contributed by atoms with E-state index in [0.29, 0.717) is 5.75 Å². The lowest BCUT2D eigenvalue weighted by atomic mass is 10.2. The summed E-state index contributed by atoms with van der Waals surface area (Å²) in [5, 5.41) is 5.72. The molecule has 0 spiro atoms. The molecule has 0 bridgehead atoms. The minimum atomic E-state index is -0.319. The highest BCUT2D eigenvalue weighted by Crippen LogP contribution is 2.15. The van der Waals surface area contributed by atoms with Crippen molar-refractivity contribution in [3.8, 4) is 11.5 Å². The van der Waals surface area contributed by atoms with Gasteiger partial charge in [-0.15, -0.1) is 0 Å². The molecule has 24 heavy (non-hydrogen) atoms. The predicted octanol–water partition coefficient (Wildman–Crippen LogP) is 3.15. The van der Waals surface area contributed by atoms with Gasteiger partial charge < -0.3 is 14.8 Å². The number of anilines is 1. The Hall–Kier alpha value is -2.60. The molecule has 0 radical (unpaired) electrons. The fraction of sp³-hybridized carbons (Fsp3) is 0.222. The van der Waals surface area contributed by atoms with Crippen LogP contribution in [-0.2, 0) is 11.2 Å². The standard InChI is InChI=1S/C18H20N2O3S/c1-3-13-4-8-16(9-5-13)23-12-17(21)20-18(24)19-14-6-10-15(22-2)11-7-14/h4-11H,3,12H2,1-2H3,(H2,19,20,21,24). The van der Waals surface area contributed by atoms with Crippen molar-refractivity contribution in [1.29, 1.82) is 0 Å². The molecule has 2 aromatic carbocycles. The van der Waals surface area contributed by atoms with E-state index in [4.69, 9.17) is 21.7 Å². The van der Waals surface area contributed by atoms with E-state index in [1.807, 2.05) is 36.4 Å². The van der Waals surface area contributed by atoms with Crippen LogP contribution in [0.1, 0.15) is 12.5 Å². The lowest BCUT2D eigenvalue weighted by Crippen LogP contribution is -2.37. The topological polar surface area (TPSA) is 59.6 Å². The smallest absolute Gasteiger partial charge is 0.264 e. The second-order valence-electron chi connectivity index (χ2n) is 5.02. The SMILES string of the molecule is CCc1ccc(OCC(=O)NC(=S)Nc2ccc(OC)cc2)cc1. The summed E-state index contributed by atoms with van der Waals surface area (Å²) >= 11 is 5.11. The molecule has 0 atom stereocenters. The average Bonchev–Trinajstić information content (AvgIpc) is 2.61. The van der Waals surface area contributed by atoms with Gasteiger partial charge in [0.05, 0.1) is 7.11 Å². The lowest BCUT2D eigenvalue weighted by molar-refractivity contribution is -0.121. The predicted molar refractivity (Wildman–Crippen MR) is 98.7 cm³/mol. The quantitative estimate of drug-likeness (QED) is 0.789. The van der Waals surface area contributed by atoms with Gasteiger partial charge >= 0.3 is 0 Å². The van der Waals surface area contributed by atoms with Gasteiger partial charge in [0.2, 0.25) is 0 Å². The van der Waals surface area contributed by atoms with Gasteiger partial charge in [0.1, 0.15) is 11.5 Å². The largest absolute Gasteiger partial charge is 0.497 e. The second-order valence-corrected chi connectivity index (χ2v) is 5.43. The third-order valence-corrected chi connectivity index (χ3v) is 3.51. The van der Waals surface area contributed by atoms with Gasteiger partial charge in [-0.3, -0.25) is 10.1 Å². The molecule has 0 saturated heterocycles. The normalized spacial score (nSPS) is 9.92. The van der Waals surface area contributed by atoms with E-state index in [1.165, 1.54) is 5.56 Å². The van der Waals surface area contributed by atoms with Crippen molar-refractivity contribution < 1.29 is 14.3 Å². The van der Waals surface area contributed by atoms with Crippen LogP contribution in [0.15, 0.2) is 48.5 Å². The molecule has 0 aliphatic heterocycles. The van der Waals surface area contributed by atoms with Crippen molar-refractivity contribution in [1.82, 2.24) is 5.32 Å². The van der Waals surface area contributed by atoms with E-state index in [0.717, 1.165) is 17.9 Å². The number of amides is 1. The van der Waals surface area contributed by atoms with Crippen molar-refractivity contribution in [2.24, 2.45) is 0 Å². The van der Waals surface area contributed by atoms with Crippen molar-refractivity contribution in [2.45, 2.75) is 13.3 Å². The molecule has 0 aliphatic carbocycles. The number of thiocarbonyl (C=S) groups is 1. The summed E-state index contributed by atoms with van der Waals surface area (Å²) < 4.78 is 10.5. The van der Waals surface area contributed by atoms with Gasteiger partial charge in [-0.05, 0) is 60.6 Å². The summed E-state index contributed by atoms with van der Waals surface area (Å²) in [5.74, 6) is 1.08. The second kappa shape index (κ2) is 8.88. The summed E-state index contributed by atoms with van der Waals surface area (Å²) in [6.07, 6.45) is 0.964. The average molecular weight is 344 g/mol. The third-order valence-electron chi connectivity index (χ3n) is 3.30. The van der Waals surface area contributed by atoms with Crippen molar-refractivity contribution in [2.75, 3.05) is 19.0 Å². The fourth-order valence-electron chi connectivity index (χ4n) is 1.97. The van der Waals surface area contributed by atoms with E-state index in [2.05, 4.69) is 17.6 Å². The number of rotatable bonds is 6. The maximum atomic E-state index is 11.9. The van der Waals surface area contributed by atoms with Crippen molar-refractivity contribution in [3.63, 3.8) is 0 Å². The monoisotopic (exact) mass is 344 g/mol. The van der Waals surface area contributed by atoms with Crippen molar-refractivity contribution >= 4 is 28.9 Å². The van der Waals surface area contributed by atoms with E-state index in [9.17, 15) is 4.79 Å². The maximum Gasteiger partial charge on any atom is 0.264 e. The Morgan fingerprint density at radius 2 is 1.67 bits per heavy atom. The summed E-state index contributed by atoms with van der Waals surface area (Å²) in [6.45, 7) is 1.98. The first-order chi connectivity index (χ1) is 11.6. The first kappa shape index (κ1) is 17.7. The van der Waals surface area contributed by atoms with Gasteiger partial charge in [-0.1, -0.05) is 19.1 Å². The van der Waals surface area contributed by atoms with Gasteiger partial charge in [0.25, 0.3) is 5.91 Å². The zero-order valence-corrected chi connectivity index (χ0v) is 14.5. The van der Waals surface area contributed by atoms with Crippen LogP contribution in [0.2, 0.25) is 0 Å². The summed E-state index contributed by atoms with van der Waals surface area (Å²) in [7, 11) is 1.60. The van der Waals surface area contributed by atoms with Crippen LogP contribution in [0.4, 0.5) is 5.69 Å². The van der Waals surface area contributed by atoms with Crippen LogP contribution in [0.25, 0.3) is 0 Å². The maximum absolute atomic E-state index is 11.9. The molecule has 2 N–H and O–H groups in total. The minimum Gasteiger partial charge on any atom is -0.497 e. The number of hydrogen-bond donors (Lipinski definition) is 2.